The van der Waals surface area contributed by atoms with E-state index in [4.69, 9.17) is 16.6 Å². The maximum absolute atomic E-state index is 6.12. The molecule has 1 spiro atoms. The summed E-state index contributed by atoms with van der Waals surface area (Å²) in [7, 11) is 0. The molecule has 0 bridgehead atoms. The zero-order valence-corrected chi connectivity index (χ0v) is 15.1. The Labute approximate surface area is 154 Å². The maximum Gasteiger partial charge on any atom is 0.127 e. The fraction of sp³-hybridized carbons (Fsp3) is 0.381. The van der Waals surface area contributed by atoms with E-state index in [0.29, 0.717) is 6.54 Å². The molecule has 4 heteroatoms. The van der Waals surface area contributed by atoms with Crippen LogP contribution in [-0.2, 0) is 6.54 Å². The van der Waals surface area contributed by atoms with Crippen molar-refractivity contribution in [2.45, 2.75) is 50.6 Å². The SMILES string of the molecule is Clc1cccc(CN=C2Nc3ccccc3NC23CCCCCC3)c1. The summed E-state index contributed by atoms with van der Waals surface area (Å²) in [4.78, 5) is 5.00. The van der Waals surface area contributed by atoms with E-state index < -0.39 is 0 Å². The van der Waals surface area contributed by atoms with Crippen LogP contribution < -0.4 is 10.6 Å². The Kier molecular flexibility index (Phi) is 4.67. The molecule has 0 unspecified atom stereocenters. The summed E-state index contributed by atoms with van der Waals surface area (Å²) in [6, 6.07) is 16.4. The Hall–Kier alpha value is -2.00. The number of rotatable bonds is 2. The van der Waals surface area contributed by atoms with Crippen molar-refractivity contribution in [2.24, 2.45) is 4.99 Å². The molecule has 1 aliphatic carbocycles. The van der Waals surface area contributed by atoms with Crippen LogP contribution in [0, 0.1) is 0 Å². The minimum Gasteiger partial charge on any atom is -0.371 e. The molecule has 1 heterocycles. The Balaban J connectivity index is 1.67. The first kappa shape index (κ1) is 16.5. The number of anilines is 2. The van der Waals surface area contributed by atoms with Gasteiger partial charge in [-0.3, -0.25) is 4.99 Å². The van der Waals surface area contributed by atoms with Gasteiger partial charge in [0.25, 0.3) is 0 Å². The smallest absolute Gasteiger partial charge is 0.127 e. The molecule has 0 saturated heterocycles. The van der Waals surface area contributed by atoms with Gasteiger partial charge in [0, 0.05) is 5.02 Å². The van der Waals surface area contributed by atoms with Gasteiger partial charge < -0.3 is 10.6 Å². The quantitative estimate of drug-likeness (QED) is 0.708. The van der Waals surface area contributed by atoms with E-state index in [9.17, 15) is 0 Å². The average Bonchev–Trinajstić information content (AvgIpc) is 2.86. The number of para-hydroxylation sites is 2. The number of amidine groups is 1. The maximum atomic E-state index is 6.12. The van der Waals surface area contributed by atoms with Crippen molar-refractivity contribution in [3.8, 4) is 0 Å². The first-order valence-electron chi connectivity index (χ1n) is 9.19. The Bertz CT molecular complexity index is 776. The average molecular weight is 354 g/mol. The second kappa shape index (κ2) is 7.09. The molecule has 1 fully saturated rings. The third-order valence-corrected chi connectivity index (χ3v) is 5.51. The first-order valence-corrected chi connectivity index (χ1v) is 9.57. The molecule has 3 nitrogen and oxygen atoms in total. The fourth-order valence-corrected chi connectivity index (χ4v) is 4.17. The zero-order valence-electron chi connectivity index (χ0n) is 14.4. The highest BCUT2D eigenvalue weighted by Gasteiger charge is 2.39. The predicted octanol–water partition coefficient (Wildman–Crippen LogP) is 5.87. The third-order valence-electron chi connectivity index (χ3n) is 5.27. The van der Waals surface area contributed by atoms with Crippen LogP contribution in [0.2, 0.25) is 5.02 Å². The molecule has 2 N–H and O–H groups in total. The molecule has 0 amide bonds. The van der Waals surface area contributed by atoms with E-state index in [1.165, 1.54) is 31.4 Å². The lowest BCUT2D eigenvalue weighted by Crippen LogP contribution is -2.52. The Morgan fingerprint density at radius 2 is 1.68 bits per heavy atom. The molecular weight excluding hydrogens is 330 g/mol. The van der Waals surface area contributed by atoms with Crippen LogP contribution in [0.5, 0.6) is 0 Å². The summed E-state index contributed by atoms with van der Waals surface area (Å²) in [5.74, 6) is 1.08. The largest absolute Gasteiger partial charge is 0.371 e. The van der Waals surface area contributed by atoms with Crippen molar-refractivity contribution in [3.05, 3.63) is 59.1 Å². The molecule has 1 aliphatic heterocycles. The molecule has 0 atom stereocenters. The molecule has 0 radical (unpaired) electrons. The summed E-state index contributed by atoms with van der Waals surface area (Å²) in [5, 5.41) is 8.22. The highest BCUT2D eigenvalue weighted by molar-refractivity contribution is 6.30. The lowest BCUT2D eigenvalue weighted by atomic mass is 9.86. The van der Waals surface area contributed by atoms with Gasteiger partial charge in [-0.1, -0.05) is 61.5 Å². The molecular formula is C21H24ClN3. The fourth-order valence-electron chi connectivity index (χ4n) is 3.96. The minimum atomic E-state index is -0.0660. The normalized spacial score (nSPS) is 20.4. The number of halogens is 1. The number of hydrogen-bond donors (Lipinski definition) is 2. The Morgan fingerprint density at radius 3 is 2.44 bits per heavy atom. The van der Waals surface area contributed by atoms with Gasteiger partial charge in [-0.05, 0) is 42.7 Å². The van der Waals surface area contributed by atoms with Gasteiger partial charge in [-0.25, -0.2) is 0 Å². The molecule has 2 aromatic rings. The topological polar surface area (TPSA) is 36.4 Å². The van der Waals surface area contributed by atoms with E-state index in [0.717, 1.165) is 35.0 Å². The number of nitrogens with zero attached hydrogens (tertiary/aromatic N) is 1. The van der Waals surface area contributed by atoms with Crippen molar-refractivity contribution in [2.75, 3.05) is 10.6 Å². The molecule has 25 heavy (non-hydrogen) atoms. The minimum absolute atomic E-state index is 0.0660. The van der Waals surface area contributed by atoms with Crippen LogP contribution in [-0.4, -0.2) is 11.4 Å². The summed E-state index contributed by atoms with van der Waals surface area (Å²) >= 11 is 6.12. The van der Waals surface area contributed by atoms with E-state index in [1.54, 1.807) is 0 Å². The molecule has 1 saturated carbocycles. The molecule has 130 valence electrons. The van der Waals surface area contributed by atoms with Crippen molar-refractivity contribution in [3.63, 3.8) is 0 Å². The monoisotopic (exact) mass is 353 g/mol. The number of fused-ring (bicyclic) bond motifs is 1. The van der Waals surface area contributed by atoms with Gasteiger partial charge in [-0.2, -0.15) is 0 Å². The summed E-state index contributed by atoms with van der Waals surface area (Å²) < 4.78 is 0. The van der Waals surface area contributed by atoms with Crippen molar-refractivity contribution < 1.29 is 0 Å². The molecule has 2 aliphatic rings. The third kappa shape index (κ3) is 3.52. The van der Waals surface area contributed by atoms with Gasteiger partial charge in [0.05, 0.1) is 23.5 Å². The summed E-state index contributed by atoms with van der Waals surface area (Å²) in [6.45, 7) is 0.647. The second-order valence-corrected chi connectivity index (χ2v) is 7.52. The van der Waals surface area contributed by atoms with E-state index in [-0.39, 0.29) is 5.54 Å². The lowest BCUT2D eigenvalue weighted by molar-refractivity contribution is 0.524. The van der Waals surface area contributed by atoms with Crippen molar-refractivity contribution in [1.82, 2.24) is 0 Å². The summed E-state index contributed by atoms with van der Waals surface area (Å²) in [5.41, 5.74) is 3.38. The van der Waals surface area contributed by atoms with E-state index in [1.807, 2.05) is 18.2 Å². The highest BCUT2D eigenvalue weighted by atomic mass is 35.5. The standard InChI is InChI=1S/C21H24ClN3/c22-17-9-7-8-16(14-17)15-23-20-21(12-5-1-2-6-13-21)25-19-11-4-3-10-18(19)24-20/h3-4,7-11,14,25H,1-2,5-6,12-13,15H2,(H,23,24). The van der Waals surface area contributed by atoms with Crippen LogP contribution in [0.25, 0.3) is 0 Å². The number of hydrogen-bond acceptors (Lipinski definition) is 2. The number of benzene rings is 2. The second-order valence-electron chi connectivity index (χ2n) is 7.09. The Morgan fingerprint density at radius 1 is 0.920 bits per heavy atom. The van der Waals surface area contributed by atoms with Gasteiger partial charge in [0.1, 0.15) is 5.84 Å². The lowest BCUT2D eigenvalue weighted by Gasteiger charge is -2.41. The van der Waals surface area contributed by atoms with Crippen LogP contribution in [0.3, 0.4) is 0 Å². The van der Waals surface area contributed by atoms with Gasteiger partial charge in [0.15, 0.2) is 0 Å². The predicted molar refractivity (Wildman–Crippen MR) is 107 cm³/mol. The van der Waals surface area contributed by atoms with Crippen LogP contribution in [0.15, 0.2) is 53.5 Å². The first-order chi connectivity index (χ1) is 12.3. The van der Waals surface area contributed by atoms with Crippen molar-refractivity contribution in [1.29, 1.82) is 0 Å². The van der Waals surface area contributed by atoms with Gasteiger partial charge >= 0.3 is 0 Å². The number of nitrogens with one attached hydrogen (secondary N) is 2. The highest BCUT2D eigenvalue weighted by Crippen LogP contribution is 2.38. The summed E-state index contributed by atoms with van der Waals surface area (Å²) in [6.07, 6.45) is 7.37. The number of aliphatic imine (C=N–C) groups is 1. The van der Waals surface area contributed by atoms with Crippen LogP contribution in [0.4, 0.5) is 11.4 Å². The van der Waals surface area contributed by atoms with Gasteiger partial charge in [0.2, 0.25) is 0 Å². The zero-order chi connectivity index (χ0) is 17.1. The van der Waals surface area contributed by atoms with Gasteiger partial charge in [-0.15, -0.1) is 0 Å². The van der Waals surface area contributed by atoms with E-state index >= 15 is 0 Å². The van der Waals surface area contributed by atoms with Crippen LogP contribution in [0.1, 0.15) is 44.1 Å². The molecule has 2 aromatic carbocycles. The molecule has 0 aromatic heterocycles. The van der Waals surface area contributed by atoms with Crippen molar-refractivity contribution >= 4 is 28.8 Å². The van der Waals surface area contributed by atoms with E-state index in [2.05, 4.69) is 41.0 Å². The molecule has 4 rings (SSSR count). The van der Waals surface area contributed by atoms with Crippen LogP contribution >= 0.6 is 11.6 Å².